The molecule has 0 saturated carbocycles. The summed E-state index contributed by atoms with van der Waals surface area (Å²) >= 11 is 0. The van der Waals surface area contributed by atoms with Gasteiger partial charge in [0.05, 0.1) is 18.8 Å². The van der Waals surface area contributed by atoms with Crippen LogP contribution in [0.2, 0.25) is 0 Å². The molecule has 5 nitrogen and oxygen atoms in total. The highest BCUT2D eigenvalue weighted by molar-refractivity contribution is 5.73. The molecule has 0 bridgehead atoms. The van der Waals surface area contributed by atoms with Gasteiger partial charge >= 0.3 is 0 Å². The van der Waals surface area contributed by atoms with Gasteiger partial charge in [0, 0.05) is 6.92 Å². The lowest BCUT2D eigenvalue weighted by molar-refractivity contribution is -0.155. The Bertz CT molecular complexity index is 209. The second-order valence-electron chi connectivity index (χ2n) is 3.57. The number of hydrogen-bond acceptors (Lipinski definition) is 4. The van der Waals surface area contributed by atoms with Crippen molar-refractivity contribution in [1.29, 1.82) is 0 Å². The maximum absolute atomic E-state index is 10.8. The fourth-order valence-electron chi connectivity index (χ4n) is 1.63. The summed E-state index contributed by atoms with van der Waals surface area (Å²) in [5.74, 6) is -0.236. The van der Waals surface area contributed by atoms with Crippen molar-refractivity contribution >= 4 is 5.91 Å². The highest BCUT2D eigenvalue weighted by Crippen LogP contribution is 2.17. The van der Waals surface area contributed by atoms with Crippen LogP contribution in [0.3, 0.4) is 0 Å². The molecule has 1 fully saturated rings. The van der Waals surface area contributed by atoms with Gasteiger partial charge in [0.1, 0.15) is 12.2 Å². The Balaban J connectivity index is 2.54. The normalized spacial score (nSPS) is 38.0. The van der Waals surface area contributed by atoms with E-state index in [1.807, 2.05) is 6.92 Å². The van der Waals surface area contributed by atoms with Crippen molar-refractivity contribution in [2.45, 2.75) is 44.6 Å². The van der Waals surface area contributed by atoms with Crippen molar-refractivity contribution in [3.8, 4) is 0 Å². The van der Waals surface area contributed by atoms with E-state index in [9.17, 15) is 15.0 Å². The number of nitrogens with one attached hydrogen (secondary N) is 1. The summed E-state index contributed by atoms with van der Waals surface area (Å²) < 4.78 is 5.30. The number of carbonyl (C=O) groups is 1. The lowest BCUT2D eigenvalue weighted by Crippen LogP contribution is -2.58. The maximum atomic E-state index is 10.8. The zero-order valence-electron chi connectivity index (χ0n) is 8.43. The Hall–Kier alpha value is -0.650. The Morgan fingerprint density at radius 1 is 1.50 bits per heavy atom. The van der Waals surface area contributed by atoms with Crippen LogP contribution >= 0.6 is 0 Å². The van der Waals surface area contributed by atoms with Gasteiger partial charge in [-0.25, -0.2) is 0 Å². The van der Waals surface area contributed by atoms with Gasteiger partial charge in [0.2, 0.25) is 5.91 Å². The maximum Gasteiger partial charge on any atom is 0.217 e. The fraction of sp³-hybridized carbons (Fsp3) is 0.889. The molecule has 1 saturated heterocycles. The van der Waals surface area contributed by atoms with Gasteiger partial charge in [-0.1, -0.05) is 6.92 Å². The Labute approximate surface area is 83.1 Å². The Morgan fingerprint density at radius 2 is 2.14 bits per heavy atom. The molecule has 4 unspecified atom stereocenters. The van der Waals surface area contributed by atoms with Crippen LogP contribution in [-0.4, -0.2) is 47.1 Å². The summed E-state index contributed by atoms with van der Waals surface area (Å²) in [7, 11) is 0. The number of rotatable bonds is 2. The number of aliphatic hydroxyl groups excluding tert-OH is 2. The third-order valence-corrected chi connectivity index (χ3v) is 2.42. The number of carbonyl (C=O) groups excluding carboxylic acids is 1. The monoisotopic (exact) mass is 203 g/mol. The van der Waals surface area contributed by atoms with E-state index in [1.54, 1.807) is 0 Å². The topological polar surface area (TPSA) is 78.8 Å². The molecule has 1 heterocycles. The van der Waals surface area contributed by atoms with E-state index in [-0.39, 0.29) is 18.6 Å². The average molecular weight is 203 g/mol. The number of ether oxygens (including phenoxy) is 1. The largest absolute Gasteiger partial charge is 0.388 e. The molecular weight excluding hydrogens is 186 g/mol. The standard InChI is InChI=1S/C9H17NO4/c1-3-7-9(13)8(12)6(4-14-7)10-5(2)11/h6-9,12-13H,3-4H2,1-2H3,(H,10,11). The van der Waals surface area contributed by atoms with Crippen LogP contribution in [0.25, 0.3) is 0 Å². The molecule has 0 aromatic heterocycles. The van der Waals surface area contributed by atoms with Crippen molar-refractivity contribution in [1.82, 2.24) is 5.32 Å². The average Bonchev–Trinajstić information content (AvgIpc) is 2.13. The van der Waals surface area contributed by atoms with E-state index in [2.05, 4.69) is 5.32 Å². The highest BCUT2D eigenvalue weighted by atomic mass is 16.5. The van der Waals surface area contributed by atoms with Gasteiger partial charge in [-0.15, -0.1) is 0 Å². The highest BCUT2D eigenvalue weighted by Gasteiger charge is 2.37. The minimum atomic E-state index is -0.947. The van der Waals surface area contributed by atoms with E-state index < -0.39 is 18.2 Å². The lowest BCUT2D eigenvalue weighted by atomic mass is 9.96. The van der Waals surface area contributed by atoms with Crippen molar-refractivity contribution in [3.63, 3.8) is 0 Å². The first-order valence-electron chi connectivity index (χ1n) is 4.81. The summed E-state index contributed by atoms with van der Waals surface area (Å²) in [6.07, 6.45) is -1.57. The van der Waals surface area contributed by atoms with Gasteiger partial charge in [0.25, 0.3) is 0 Å². The first-order valence-corrected chi connectivity index (χ1v) is 4.81. The zero-order valence-corrected chi connectivity index (χ0v) is 8.43. The first kappa shape index (κ1) is 11.4. The van der Waals surface area contributed by atoms with E-state index in [0.717, 1.165) is 0 Å². The van der Waals surface area contributed by atoms with Gasteiger partial charge in [0.15, 0.2) is 0 Å². The minimum absolute atomic E-state index is 0.236. The van der Waals surface area contributed by atoms with Gasteiger partial charge in [-0.2, -0.15) is 0 Å². The van der Waals surface area contributed by atoms with E-state index in [1.165, 1.54) is 6.92 Å². The van der Waals surface area contributed by atoms with Gasteiger partial charge in [-0.3, -0.25) is 4.79 Å². The van der Waals surface area contributed by atoms with Crippen LogP contribution in [0.1, 0.15) is 20.3 Å². The molecule has 14 heavy (non-hydrogen) atoms. The molecule has 1 amide bonds. The predicted octanol–water partition coefficient (Wildman–Crippen LogP) is -0.978. The zero-order chi connectivity index (χ0) is 10.7. The molecule has 0 radical (unpaired) electrons. The van der Waals surface area contributed by atoms with E-state index in [4.69, 9.17) is 4.74 Å². The molecule has 3 N–H and O–H groups in total. The summed E-state index contributed by atoms with van der Waals surface area (Å²) in [5, 5.41) is 21.8. The molecule has 1 aliphatic rings. The molecule has 0 aliphatic carbocycles. The van der Waals surface area contributed by atoms with Gasteiger partial charge < -0.3 is 20.3 Å². The first-order chi connectivity index (χ1) is 6.56. The Morgan fingerprint density at radius 3 is 2.64 bits per heavy atom. The quantitative estimate of drug-likeness (QED) is 0.539. The second-order valence-corrected chi connectivity index (χ2v) is 3.57. The Kier molecular flexibility index (Phi) is 3.86. The molecule has 82 valence electrons. The van der Waals surface area contributed by atoms with Crippen molar-refractivity contribution in [2.24, 2.45) is 0 Å². The van der Waals surface area contributed by atoms with Crippen LogP contribution < -0.4 is 5.32 Å². The van der Waals surface area contributed by atoms with E-state index in [0.29, 0.717) is 6.42 Å². The molecule has 5 heteroatoms. The van der Waals surface area contributed by atoms with Crippen molar-refractivity contribution < 1.29 is 19.7 Å². The second kappa shape index (κ2) is 4.72. The van der Waals surface area contributed by atoms with E-state index >= 15 is 0 Å². The van der Waals surface area contributed by atoms with Crippen LogP contribution in [0.5, 0.6) is 0 Å². The van der Waals surface area contributed by atoms with Crippen molar-refractivity contribution in [2.75, 3.05) is 6.61 Å². The number of amides is 1. The SMILES string of the molecule is CCC1OCC(NC(C)=O)C(O)C1O. The lowest BCUT2D eigenvalue weighted by Gasteiger charge is -2.37. The molecule has 4 atom stereocenters. The van der Waals surface area contributed by atoms with Crippen LogP contribution in [0.4, 0.5) is 0 Å². The number of aliphatic hydroxyl groups is 2. The number of hydrogen-bond donors (Lipinski definition) is 3. The third-order valence-electron chi connectivity index (χ3n) is 2.42. The minimum Gasteiger partial charge on any atom is -0.388 e. The molecule has 1 rings (SSSR count). The predicted molar refractivity (Wildman–Crippen MR) is 49.6 cm³/mol. The van der Waals surface area contributed by atoms with Crippen LogP contribution in [-0.2, 0) is 9.53 Å². The summed E-state index contributed by atoms with van der Waals surface area (Å²) in [4.78, 5) is 10.8. The summed E-state index contributed by atoms with van der Waals surface area (Å²) in [5.41, 5.74) is 0. The van der Waals surface area contributed by atoms with Gasteiger partial charge in [-0.05, 0) is 6.42 Å². The summed E-state index contributed by atoms with van der Waals surface area (Å²) in [6.45, 7) is 3.49. The fourth-order valence-corrected chi connectivity index (χ4v) is 1.63. The van der Waals surface area contributed by atoms with Crippen LogP contribution in [0, 0.1) is 0 Å². The van der Waals surface area contributed by atoms with Crippen LogP contribution in [0.15, 0.2) is 0 Å². The molecular formula is C9H17NO4. The third kappa shape index (κ3) is 2.43. The molecule has 0 aromatic rings. The molecule has 0 spiro atoms. The molecule has 1 aliphatic heterocycles. The smallest absolute Gasteiger partial charge is 0.217 e. The van der Waals surface area contributed by atoms with Crippen molar-refractivity contribution in [3.05, 3.63) is 0 Å². The molecule has 0 aromatic carbocycles. The summed E-state index contributed by atoms with van der Waals surface area (Å²) in [6, 6.07) is -0.509.